The van der Waals surface area contributed by atoms with Crippen molar-refractivity contribution in [1.82, 2.24) is 10.2 Å². The lowest BCUT2D eigenvalue weighted by molar-refractivity contribution is -0.384. The third-order valence-electron chi connectivity index (χ3n) is 14.4. The second kappa shape index (κ2) is 23.9. The van der Waals surface area contributed by atoms with Crippen molar-refractivity contribution in [3.8, 4) is 29.1 Å². The largest absolute Gasteiger partial charge is 0.459 e. The number of hydrogen-bond acceptors (Lipinski definition) is 14. The number of amides is 2. The summed E-state index contributed by atoms with van der Waals surface area (Å²) >= 11 is 0. The van der Waals surface area contributed by atoms with Crippen LogP contribution in [0.25, 0.3) is 0 Å². The monoisotopic (exact) mass is 1020 g/mol. The second-order valence-corrected chi connectivity index (χ2v) is 19.0. The minimum atomic E-state index is -1.66. The number of aliphatic hydroxyl groups is 2. The van der Waals surface area contributed by atoms with Gasteiger partial charge in [-0.3, -0.25) is 14.9 Å². The SMILES string of the molecule is C=CCOC12Oc3ccc(OC(=O)NCc4ccccc4)cc3C3C(CCCCO)C(CCCCO)C=C(C(=NOCc4ccc([N+](=O)[O-])cc4)CC1N(Cc1ccc4c(c1)OCO4)C(=O)c1ccc(C#N)cc1)C32. The molecule has 1 fully saturated rings. The van der Waals surface area contributed by atoms with Crippen LogP contribution >= 0.6 is 0 Å². The van der Waals surface area contributed by atoms with Crippen LogP contribution in [-0.4, -0.2) is 76.2 Å². The fraction of sp³-hybridized carbons (Fsp3) is 0.345. The molecule has 6 atom stereocenters. The van der Waals surface area contributed by atoms with Crippen molar-refractivity contribution in [1.29, 1.82) is 5.26 Å². The van der Waals surface area contributed by atoms with Gasteiger partial charge in [-0.1, -0.05) is 66.5 Å². The van der Waals surface area contributed by atoms with E-state index in [0.29, 0.717) is 83.7 Å². The molecule has 388 valence electrons. The van der Waals surface area contributed by atoms with E-state index in [1.54, 1.807) is 65.6 Å². The minimum Gasteiger partial charge on any atom is -0.459 e. The smallest absolute Gasteiger partial charge is 0.412 e. The number of nitrogens with zero attached hydrogens (tertiary/aromatic N) is 4. The number of fused-ring (bicyclic) bond motifs is 3. The van der Waals surface area contributed by atoms with Crippen molar-refractivity contribution in [2.24, 2.45) is 22.9 Å². The summed E-state index contributed by atoms with van der Waals surface area (Å²) < 4.78 is 32.1. The third kappa shape index (κ3) is 11.5. The quantitative estimate of drug-likeness (QED) is 0.0254. The van der Waals surface area contributed by atoms with Gasteiger partial charge >= 0.3 is 6.09 Å². The number of unbranched alkanes of at least 4 members (excludes halogenated alkanes) is 2. The predicted molar refractivity (Wildman–Crippen MR) is 276 cm³/mol. The molecular formula is C58H59N5O12. The molecule has 5 aromatic rings. The number of hydrogen-bond donors (Lipinski definition) is 3. The summed E-state index contributed by atoms with van der Waals surface area (Å²) in [4.78, 5) is 48.0. The molecule has 0 bridgehead atoms. The number of carbonyl (C=O) groups excluding carboxylic acids is 2. The van der Waals surface area contributed by atoms with E-state index in [4.69, 9.17) is 33.7 Å². The van der Waals surface area contributed by atoms with Crippen molar-refractivity contribution in [3.63, 3.8) is 0 Å². The maximum absolute atomic E-state index is 15.6. The Morgan fingerprint density at radius 3 is 2.36 bits per heavy atom. The number of allylic oxidation sites excluding steroid dienone is 1. The van der Waals surface area contributed by atoms with Crippen LogP contribution in [0.1, 0.15) is 89.0 Å². The maximum atomic E-state index is 15.6. The molecule has 2 amide bonds. The Balaban J connectivity index is 1.23. The summed E-state index contributed by atoms with van der Waals surface area (Å²) in [5.74, 6) is -1.65. The molecule has 17 nitrogen and oxygen atoms in total. The summed E-state index contributed by atoms with van der Waals surface area (Å²) in [7, 11) is 0. The molecule has 5 aromatic carbocycles. The molecule has 6 unspecified atom stereocenters. The van der Waals surface area contributed by atoms with Crippen molar-refractivity contribution in [3.05, 3.63) is 183 Å². The first-order valence-electron chi connectivity index (χ1n) is 25.3. The lowest BCUT2D eigenvalue weighted by Gasteiger charge is -2.60. The third-order valence-corrected chi connectivity index (χ3v) is 14.4. The normalized spacial score (nSPS) is 21.3. The first kappa shape index (κ1) is 51.8. The van der Waals surface area contributed by atoms with E-state index in [-0.39, 0.29) is 76.0 Å². The van der Waals surface area contributed by atoms with Crippen LogP contribution in [0.5, 0.6) is 23.0 Å². The zero-order valence-electron chi connectivity index (χ0n) is 41.4. The van der Waals surface area contributed by atoms with Crippen LogP contribution in [0.2, 0.25) is 0 Å². The predicted octanol–water partition coefficient (Wildman–Crippen LogP) is 9.66. The Hall–Kier alpha value is -8.04. The number of oxime groups is 1. The first-order chi connectivity index (χ1) is 36.6. The molecule has 3 N–H and O–H groups in total. The Morgan fingerprint density at radius 2 is 1.63 bits per heavy atom. The summed E-state index contributed by atoms with van der Waals surface area (Å²) in [6.45, 7) is 4.36. The van der Waals surface area contributed by atoms with Gasteiger partial charge in [0.15, 0.2) is 11.5 Å². The van der Waals surface area contributed by atoms with Gasteiger partial charge in [-0.05, 0) is 127 Å². The van der Waals surface area contributed by atoms with Crippen LogP contribution < -0.4 is 24.3 Å². The van der Waals surface area contributed by atoms with Crippen LogP contribution in [0.4, 0.5) is 10.5 Å². The zero-order valence-corrected chi connectivity index (χ0v) is 41.4. The average molecular weight is 1020 g/mol. The maximum Gasteiger partial charge on any atom is 0.412 e. The highest BCUT2D eigenvalue weighted by atomic mass is 16.7. The second-order valence-electron chi connectivity index (χ2n) is 19.0. The zero-order chi connectivity index (χ0) is 52.3. The summed E-state index contributed by atoms with van der Waals surface area (Å²) in [6, 6.07) is 33.9. The Bertz CT molecular complexity index is 2960. The fourth-order valence-corrected chi connectivity index (χ4v) is 10.9. The minimum absolute atomic E-state index is 0.00347. The van der Waals surface area contributed by atoms with Gasteiger partial charge in [0.2, 0.25) is 12.6 Å². The van der Waals surface area contributed by atoms with Crippen LogP contribution in [-0.2, 0) is 29.3 Å². The number of nitro groups is 1. The first-order valence-corrected chi connectivity index (χ1v) is 25.3. The Morgan fingerprint density at radius 1 is 0.893 bits per heavy atom. The van der Waals surface area contributed by atoms with Gasteiger partial charge < -0.3 is 49.0 Å². The number of benzene rings is 5. The molecule has 75 heavy (non-hydrogen) atoms. The van der Waals surface area contributed by atoms with Crippen molar-refractivity contribution < 1.29 is 53.2 Å². The molecule has 2 aliphatic carbocycles. The molecule has 2 aliphatic heterocycles. The summed E-state index contributed by atoms with van der Waals surface area (Å²) in [5, 5.41) is 49.2. The standard InChI is InChI=1S/C58H59N5O12/c1-2-28-72-58-53(62(56(66)42-19-14-38(33-59)15-20-42)35-41-18-24-51-52(29-41)71-37-70-51)32-49(61-73-36-40-16-21-44(22-17-40)63(68)69)47-30-43(12-6-8-26-64)46(13-7-9-27-65)54(55(47)58)48-31-45(23-25-50(48)75-58)74-57(67)60-34-39-10-4-3-5-11-39/h2-5,10-11,14-25,29-31,43,46,53-55,64-65H,1,6-9,12-13,26-28,32,34-37H2,(H,60,67). The molecule has 1 saturated carbocycles. The number of carbonyl (C=O) groups is 2. The number of nitro benzene ring substituents is 1. The molecule has 0 spiro atoms. The highest BCUT2D eigenvalue weighted by Crippen LogP contribution is 2.62. The number of nitrogens with one attached hydrogen (secondary N) is 1. The molecule has 4 aliphatic rings. The van der Waals surface area contributed by atoms with Gasteiger partial charge in [0.1, 0.15) is 24.1 Å². The van der Waals surface area contributed by atoms with Gasteiger partial charge in [0.05, 0.1) is 34.8 Å². The van der Waals surface area contributed by atoms with Gasteiger partial charge in [0, 0.05) is 61.9 Å². The van der Waals surface area contributed by atoms with E-state index in [2.05, 4.69) is 24.0 Å². The van der Waals surface area contributed by atoms with E-state index < -0.39 is 40.6 Å². The van der Waals surface area contributed by atoms with Gasteiger partial charge in [-0.2, -0.15) is 5.26 Å². The lowest BCUT2D eigenvalue weighted by atomic mass is 9.55. The van der Waals surface area contributed by atoms with Gasteiger partial charge in [0.25, 0.3) is 11.6 Å². The Labute approximate surface area is 434 Å². The summed E-state index contributed by atoms with van der Waals surface area (Å²) in [5.41, 5.74) is 4.88. The number of ether oxygens (including phenoxy) is 5. The molecule has 9 rings (SSSR count). The van der Waals surface area contributed by atoms with Crippen molar-refractivity contribution >= 4 is 23.4 Å². The highest BCUT2D eigenvalue weighted by Gasteiger charge is 2.65. The molecule has 2 heterocycles. The van der Waals surface area contributed by atoms with E-state index in [1.807, 2.05) is 48.5 Å². The molecule has 17 heteroatoms. The van der Waals surface area contributed by atoms with Crippen LogP contribution in [0.3, 0.4) is 0 Å². The average Bonchev–Trinajstić information content (AvgIpc) is 3.91. The van der Waals surface area contributed by atoms with Crippen molar-refractivity contribution in [2.75, 3.05) is 26.6 Å². The number of nitriles is 1. The van der Waals surface area contributed by atoms with Gasteiger partial charge in [-0.25, -0.2) is 4.79 Å². The number of aliphatic hydroxyl groups excluding tert-OH is 2. The Kier molecular flexibility index (Phi) is 16.5. The molecule has 0 aromatic heterocycles. The van der Waals surface area contributed by atoms with Crippen LogP contribution in [0, 0.1) is 39.2 Å². The van der Waals surface area contributed by atoms with Gasteiger partial charge in [-0.15, -0.1) is 6.58 Å². The van der Waals surface area contributed by atoms with E-state index in [0.717, 1.165) is 16.7 Å². The summed E-state index contributed by atoms with van der Waals surface area (Å²) in [6.07, 6.45) is 7.12. The van der Waals surface area contributed by atoms with E-state index >= 15 is 4.79 Å². The molecule has 0 radical (unpaired) electrons. The number of non-ortho nitro benzene ring substituents is 1. The van der Waals surface area contributed by atoms with Crippen LogP contribution in [0.15, 0.2) is 145 Å². The van der Waals surface area contributed by atoms with E-state index in [1.165, 1.54) is 12.1 Å². The molecule has 0 saturated heterocycles. The van der Waals surface area contributed by atoms with Crippen molar-refractivity contribution in [2.45, 2.75) is 82.4 Å². The molecular weight excluding hydrogens is 959 g/mol. The highest BCUT2D eigenvalue weighted by molar-refractivity contribution is 6.03. The topological polar surface area (TPSA) is 225 Å². The fourth-order valence-electron chi connectivity index (χ4n) is 10.9. The number of rotatable bonds is 22. The lowest BCUT2D eigenvalue weighted by Crippen LogP contribution is -2.70. The van der Waals surface area contributed by atoms with E-state index in [9.17, 15) is 30.4 Å².